The van der Waals surface area contributed by atoms with E-state index in [1.165, 1.54) is 35.7 Å². The molecule has 3 aromatic rings. The Kier molecular flexibility index (Phi) is 5.23. The Morgan fingerprint density at radius 2 is 1.77 bits per heavy atom. The number of nitrogens with one attached hydrogen (secondary N) is 1. The Bertz CT molecular complexity index is 1100. The molecular formula is C25H24N2O2S. The van der Waals surface area contributed by atoms with Crippen LogP contribution in [0.2, 0.25) is 0 Å². The summed E-state index contributed by atoms with van der Waals surface area (Å²) < 4.78 is 0. The Labute approximate surface area is 180 Å². The molecule has 30 heavy (non-hydrogen) atoms. The van der Waals surface area contributed by atoms with Crippen molar-refractivity contribution >= 4 is 28.7 Å². The van der Waals surface area contributed by atoms with Crippen LogP contribution in [-0.4, -0.2) is 29.7 Å². The fourth-order valence-electron chi connectivity index (χ4n) is 4.48. The number of nitrogens with zero attached hydrogens (tertiary/aromatic N) is 1. The summed E-state index contributed by atoms with van der Waals surface area (Å²) in [6, 6.07) is 17.4. The quantitative estimate of drug-likeness (QED) is 0.606. The van der Waals surface area contributed by atoms with Crippen LogP contribution in [0.5, 0.6) is 0 Å². The minimum atomic E-state index is -0.186. The predicted octanol–water partition coefficient (Wildman–Crippen LogP) is 5.39. The number of hydrogen-bond acceptors (Lipinski definition) is 4. The highest BCUT2D eigenvalue weighted by Gasteiger charge is 2.27. The van der Waals surface area contributed by atoms with E-state index in [1.807, 2.05) is 35.6 Å². The molecule has 1 fully saturated rings. The van der Waals surface area contributed by atoms with E-state index >= 15 is 0 Å². The second-order valence-corrected chi connectivity index (χ2v) is 9.18. The second kappa shape index (κ2) is 8.17. The van der Waals surface area contributed by atoms with Crippen molar-refractivity contribution in [3.05, 3.63) is 76.2 Å². The van der Waals surface area contributed by atoms with Crippen molar-refractivity contribution in [1.82, 2.24) is 4.90 Å². The molecule has 152 valence electrons. The van der Waals surface area contributed by atoms with Crippen molar-refractivity contribution < 1.29 is 9.59 Å². The summed E-state index contributed by atoms with van der Waals surface area (Å²) in [5, 5.41) is 2.96. The van der Waals surface area contributed by atoms with Crippen LogP contribution in [0.1, 0.15) is 50.4 Å². The number of carbonyl (C=O) groups excluding carboxylic acids is 2. The van der Waals surface area contributed by atoms with Gasteiger partial charge in [0.1, 0.15) is 0 Å². The molecule has 1 aliphatic heterocycles. The average Bonchev–Trinajstić information content (AvgIpc) is 3.52. The van der Waals surface area contributed by atoms with Crippen molar-refractivity contribution in [2.75, 3.05) is 18.4 Å². The number of hydrogen-bond donors (Lipinski definition) is 1. The van der Waals surface area contributed by atoms with E-state index in [1.54, 1.807) is 12.1 Å². The third-order valence-electron chi connectivity index (χ3n) is 5.98. The molecule has 0 atom stereocenters. The van der Waals surface area contributed by atoms with Crippen molar-refractivity contribution in [2.24, 2.45) is 0 Å². The van der Waals surface area contributed by atoms with Crippen molar-refractivity contribution in [2.45, 2.75) is 32.2 Å². The van der Waals surface area contributed by atoms with Crippen LogP contribution in [0.15, 0.2) is 54.6 Å². The van der Waals surface area contributed by atoms with Gasteiger partial charge in [-0.2, -0.15) is 0 Å². The number of ketones is 1. The number of amides is 1. The van der Waals surface area contributed by atoms with E-state index in [2.05, 4.69) is 28.4 Å². The number of fused-ring (bicyclic) bond motifs is 1. The van der Waals surface area contributed by atoms with E-state index in [0.717, 1.165) is 24.1 Å². The molecule has 2 heterocycles. The fourth-order valence-corrected chi connectivity index (χ4v) is 5.58. The van der Waals surface area contributed by atoms with Crippen molar-refractivity contribution in [3.63, 3.8) is 0 Å². The van der Waals surface area contributed by atoms with Gasteiger partial charge in [-0.15, -0.1) is 11.3 Å². The number of carbonyl (C=O) groups is 2. The van der Waals surface area contributed by atoms with Gasteiger partial charge < -0.3 is 5.32 Å². The molecule has 5 heteroatoms. The van der Waals surface area contributed by atoms with Crippen LogP contribution in [0.3, 0.4) is 0 Å². The summed E-state index contributed by atoms with van der Waals surface area (Å²) in [6.07, 6.45) is 3.83. The monoisotopic (exact) mass is 416 g/mol. The van der Waals surface area contributed by atoms with Gasteiger partial charge in [0.2, 0.25) is 0 Å². The van der Waals surface area contributed by atoms with E-state index < -0.39 is 0 Å². The number of thiophene rings is 1. The Hall–Kier alpha value is -2.76. The molecule has 0 unspecified atom stereocenters. The maximum Gasteiger partial charge on any atom is 0.255 e. The summed E-state index contributed by atoms with van der Waals surface area (Å²) in [6.45, 7) is 3.39. The number of rotatable bonds is 5. The van der Waals surface area contributed by atoms with Crippen LogP contribution in [0.25, 0.3) is 10.4 Å². The first-order chi connectivity index (χ1) is 14.7. The molecule has 5 rings (SSSR count). The first-order valence-electron chi connectivity index (χ1n) is 10.6. The standard InChI is InChI=1S/C25H24N2O2S/c28-22-12-10-20-19(23-13-8-18(30-23)16-27-14-4-5-15-27)9-11-21(24(20)22)26-25(29)17-6-2-1-3-7-17/h1-3,6-9,11,13H,4-5,10,12,14-16H2,(H,26,29). The van der Waals surface area contributed by atoms with Gasteiger partial charge in [0.15, 0.2) is 5.78 Å². The van der Waals surface area contributed by atoms with Gasteiger partial charge in [-0.1, -0.05) is 24.3 Å². The minimum absolute atomic E-state index is 0.115. The Balaban J connectivity index is 1.43. The molecule has 0 radical (unpaired) electrons. The zero-order valence-electron chi connectivity index (χ0n) is 16.8. The third-order valence-corrected chi connectivity index (χ3v) is 7.09. The normalized spacial score (nSPS) is 16.1. The van der Waals surface area contributed by atoms with E-state index in [4.69, 9.17) is 0 Å². The molecule has 4 nitrogen and oxygen atoms in total. The SMILES string of the molecule is O=C(Nc1ccc(-c2ccc(CN3CCCC3)s2)c2c1C(=O)CC2)c1ccccc1. The second-order valence-electron chi connectivity index (χ2n) is 8.01. The molecule has 1 amide bonds. The zero-order chi connectivity index (χ0) is 20.5. The lowest BCUT2D eigenvalue weighted by Gasteiger charge is -2.13. The smallest absolute Gasteiger partial charge is 0.255 e. The van der Waals surface area contributed by atoms with Crippen molar-refractivity contribution in [1.29, 1.82) is 0 Å². The van der Waals surface area contributed by atoms with Crippen LogP contribution >= 0.6 is 11.3 Å². The van der Waals surface area contributed by atoms with Gasteiger partial charge in [-0.3, -0.25) is 14.5 Å². The highest BCUT2D eigenvalue weighted by molar-refractivity contribution is 7.15. The highest BCUT2D eigenvalue weighted by atomic mass is 32.1. The molecule has 0 spiro atoms. The third kappa shape index (κ3) is 3.71. The topological polar surface area (TPSA) is 49.4 Å². The summed E-state index contributed by atoms with van der Waals surface area (Å²) in [4.78, 5) is 30.4. The number of benzene rings is 2. The molecule has 2 aliphatic rings. The van der Waals surface area contributed by atoms with Gasteiger partial charge in [-0.25, -0.2) is 0 Å². The maximum atomic E-state index is 12.7. The van der Waals surface area contributed by atoms with Crippen molar-refractivity contribution in [3.8, 4) is 10.4 Å². The number of Topliss-reactive ketones (excluding diaryl/α,β-unsaturated/α-hetero) is 1. The lowest BCUT2D eigenvalue weighted by molar-refractivity contribution is 0.0995. The average molecular weight is 417 g/mol. The maximum absolute atomic E-state index is 12.7. The molecular weight excluding hydrogens is 392 g/mol. The van der Waals surface area contributed by atoms with Crippen LogP contribution in [0, 0.1) is 0 Å². The summed E-state index contributed by atoms with van der Waals surface area (Å²) in [5.74, 6) is -0.0710. The summed E-state index contributed by atoms with van der Waals surface area (Å²) in [5.41, 5.74) is 4.10. The van der Waals surface area contributed by atoms with E-state index in [0.29, 0.717) is 23.2 Å². The lowest BCUT2D eigenvalue weighted by Crippen LogP contribution is -2.17. The molecule has 1 N–H and O–H groups in total. The van der Waals surface area contributed by atoms with Gasteiger partial charge in [0, 0.05) is 33.8 Å². The largest absolute Gasteiger partial charge is 0.321 e. The van der Waals surface area contributed by atoms with Gasteiger partial charge in [0.05, 0.1) is 5.69 Å². The van der Waals surface area contributed by atoms with E-state index in [-0.39, 0.29) is 11.7 Å². The fraction of sp³-hybridized carbons (Fsp3) is 0.280. The van der Waals surface area contributed by atoms with Crippen LogP contribution in [0.4, 0.5) is 5.69 Å². The van der Waals surface area contributed by atoms with Gasteiger partial charge in [-0.05, 0) is 73.8 Å². The molecule has 2 aromatic carbocycles. The summed E-state index contributed by atoms with van der Waals surface area (Å²) in [7, 11) is 0. The number of likely N-dealkylation sites (tertiary alicyclic amines) is 1. The van der Waals surface area contributed by atoms with Crippen LogP contribution in [-0.2, 0) is 13.0 Å². The first-order valence-corrected chi connectivity index (χ1v) is 11.4. The molecule has 1 aromatic heterocycles. The zero-order valence-corrected chi connectivity index (χ0v) is 17.6. The van der Waals surface area contributed by atoms with Gasteiger partial charge in [0.25, 0.3) is 5.91 Å². The predicted molar refractivity (Wildman–Crippen MR) is 121 cm³/mol. The molecule has 0 bridgehead atoms. The first kappa shape index (κ1) is 19.2. The van der Waals surface area contributed by atoms with Crippen LogP contribution < -0.4 is 5.32 Å². The molecule has 1 saturated heterocycles. The van der Waals surface area contributed by atoms with Gasteiger partial charge >= 0.3 is 0 Å². The van der Waals surface area contributed by atoms with E-state index in [9.17, 15) is 9.59 Å². The Morgan fingerprint density at radius 1 is 0.967 bits per heavy atom. The minimum Gasteiger partial charge on any atom is -0.321 e. The summed E-state index contributed by atoms with van der Waals surface area (Å²) >= 11 is 1.82. The Morgan fingerprint density at radius 3 is 2.57 bits per heavy atom. The molecule has 1 aliphatic carbocycles. The highest BCUT2D eigenvalue weighted by Crippen LogP contribution is 2.40. The lowest BCUT2D eigenvalue weighted by atomic mass is 9.99. The number of anilines is 1. The molecule has 0 saturated carbocycles.